The molecule has 0 amide bonds. The average Bonchev–Trinajstić information content (AvgIpc) is 2.68. The molecule has 3 heteroatoms. The number of piperidine rings is 2. The van der Waals surface area contributed by atoms with E-state index in [-0.39, 0.29) is 32.7 Å². The van der Waals surface area contributed by atoms with Gasteiger partial charge in [0.15, 0.2) is 0 Å². The van der Waals surface area contributed by atoms with Gasteiger partial charge in [-0.3, -0.25) is 0 Å². The Morgan fingerprint density at radius 2 is 0.862 bits per heavy atom. The number of hydrogen-bond donors (Lipinski definition) is 2. The zero-order valence-electron chi connectivity index (χ0n) is 21.3. The quantitative estimate of drug-likeness (QED) is 0.379. The van der Waals surface area contributed by atoms with Gasteiger partial charge >= 0.3 is 0 Å². The van der Waals surface area contributed by atoms with Crippen LogP contribution in [0.3, 0.4) is 0 Å². The Balaban J connectivity index is -0.000000309. The normalized spacial score (nSPS) is 16.6. The van der Waals surface area contributed by atoms with Crippen LogP contribution in [-0.4, -0.2) is 26.2 Å². The molecule has 29 heavy (non-hydrogen) atoms. The number of nitrogens with one attached hydrogen (secondary N) is 2. The van der Waals surface area contributed by atoms with E-state index in [1.54, 1.807) is 0 Å². The maximum atomic E-state index is 4.01. The summed E-state index contributed by atoms with van der Waals surface area (Å²) in [5.41, 5.74) is 0.603. The van der Waals surface area contributed by atoms with E-state index in [0.29, 0.717) is 10.8 Å². The van der Waals surface area contributed by atoms with Crippen LogP contribution in [0.15, 0.2) is 0 Å². The molecule has 2 aliphatic heterocycles. The Bertz CT molecular complexity index is 231. The molecule has 0 aromatic carbocycles. The van der Waals surface area contributed by atoms with Crippen LogP contribution in [0.25, 0.3) is 0 Å². The van der Waals surface area contributed by atoms with Crippen LogP contribution >= 0.6 is 0 Å². The van der Waals surface area contributed by atoms with Gasteiger partial charge in [0.2, 0.25) is 0 Å². The van der Waals surface area contributed by atoms with Crippen LogP contribution in [-0.2, 0) is 32.7 Å². The fraction of sp³-hybridized carbons (Fsp3) is 0.923. The van der Waals surface area contributed by atoms with E-state index in [1.807, 2.05) is 0 Å². The summed E-state index contributed by atoms with van der Waals surface area (Å²) in [6.45, 7) is 26.2. The summed E-state index contributed by atoms with van der Waals surface area (Å²) in [4.78, 5) is 0. The summed E-state index contributed by atoms with van der Waals surface area (Å²) >= 11 is 0. The van der Waals surface area contributed by atoms with Gasteiger partial charge in [-0.25, -0.2) is 0 Å². The molecule has 2 rings (SSSR count). The first-order chi connectivity index (χ1) is 13.1. The van der Waals surface area contributed by atoms with Gasteiger partial charge in [-0.15, -0.1) is 0 Å². The Hall–Kier alpha value is 1.02. The molecule has 0 aromatic heterocycles. The van der Waals surface area contributed by atoms with Gasteiger partial charge in [0.1, 0.15) is 0 Å². The summed E-state index contributed by atoms with van der Waals surface area (Å²) in [6, 6.07) is 0. The molecule has 175 valence electrons. The predicted octanol–water partition coefficient (Wildman–Crippen LogP) is 7.59. The molecule has 2 aliphatic rings. The fourth-order valence-electron chi connectivity index (χ4n) is 2.91. The van der Waals surface area contributed by atoms with Gasteiger partial charge in [0, 0.05) is 32.7 Å². The minimum Gasteiger partial charge on any atom is -0.338 e. The maximum Gasteiger partial charge on any atom is 0 e. The van der Waals surface area contributed by atoms with E-state index in [4.69, 9.17) is 0 Å². The average molecular weight is 486 g/mol. The molecule has 0 aromatic rings. The Kier molecular flexibility index (Phi) is 28.3. The smallest absolute Gasteiger partial charge is 0 e. The molecule has 0 saturated carbocycles. The van der Waals surface area contributed by atoms with Crippen molar-refractivity contribution in [2.75, 3.05) is 26.2 Å². The van der Waals surface area contributed by atoms with Crippen LogP contribution in [0.1, 0.15) is 119 Å². The predicted molar refractivity (Wildman–Crippen MR) is 131 cm³/mol. The number of hydrogen-bond acceptors (Lipinski definition) is 2. The summed E-state index contributed by atoms with van der Waals surface area (Å²) in [5, 5.41) is 6.57. The SMILES string of the molecule is C1CCNCC1.C1CCNCC1.[CH2-]C(C)(C)CCCC.[CH2-]C(C)(C)CCCC.[Y]. The van der Waals surface area contributed by atoms with Crippen LogP contribution in [0, 0.1) is 24.7 Å². The molecule has 2 heterocycles. The van der Waals surface area contributed by atoms with Crippen molar-refractivity contribution < 1.29 is 32.7 Å². The minimum atomic E-state index is 0. The van der Waals surface area contributed by atoms with E-state index in [2.05, 4.69) is 66.0 Å². The molecule has 1 radical (unpaired) electrons. The Morgan fingerprint density at radius 1 is 0.586 bits per heavy atom. The second kappa shape index (κ2) is 23.7. The summed E-state index contributed by atoms with van der Waals surface area (Å²) in [6.07, 6.45) is 16.2. The molecule has 0 atom stereocenters. The topological polar surface area (TPSA) is 24.1 Å². The second-order valence-corrected chi connectivity index (χ2v) is 10.2. The molecule has 2 nitrogen and oxygen atoms in total. The zero-order valence-corrected chi connectivity index (χ0v) is 24.1. The fourth-order valence-corrected chi connectivity index (χ4v) is 2.91. The third-order valence-corrected chi connectivity index (χ3v) is 4.83. The van der Waals surface area contributed by atoms with Crippen LogP contribution in [0.5, 0.6) is 0 Å². The molecule has 0 unspecified atom stereocenters. The number of unbranched alkanes of at least 4 members (excludes halogenated alkanes) is 2. The summed E-state index contributed by atoms with van der Waals surface area (Å²) < 4.78 is 0. The third kappa shape index (κ3) is 40.0. The van der Waals surface area contributed by atoms with Crippen LogP contribution in [0.2, 0.25) is 0 Å². The molecule has 0 aliphatic carbocycles. The molecular weight excluding hydrogens is 429 g/mol. The van der Waals surface area contributed by atoms with Gasteiger partial charge in [0.25, 0.3) is 0 Å². The molecule has 2 N–H and O–H groups in total. The van der Waals surface area contributed by atoms with E-state index in [1.165, 1.54) is 103 Å². The van der Waals surface area contributed by atoms with Crippen molar-refractivity contribution in [1.82, 2.24) is 10.6 Å². The maximum absolute atomic E-state index is 4.01. The molecule has 0 spiro atoms. The summed E-state index contributed by atoms with van der Waals surface area (Å²) in [7, 11) is 0. The molecular formula is C26H56N2Y-2. The van der Waals surface area contributed by atoms with E-state index >= 15 is 0 Å². The van der Waals surface area contributed by atoms with Gasteiger partial charge < -0.3 is 24.5 Å². The second-order valence-electron chi connectivity index (χ2n) is 10.2. The monoisotopic (exact) mass is 485 g/mol. The van der Waals surface area contributed by atoms with Crippen LogP contribution < -0.4 is 10.6 Å². The van der Waals surface area contributed by atoms with Crippen molar-refractivity contribution in [3.05, 3.63) is 13.8 Å². The molecule has 0 bridgehead atoms. The largest absolute Gasteiger partial charge is 0.338 e. The van der Waals surface area contributed by atoms with Crippen molar-refractivity contribution in [3.8, 4) is 0 Å². The van der Waals surface area contributed by atoms with Crippen molar-refractivity contribution >= 4 is 0 Å². The zero-order chi connectivity index (χ0) is 21.7. The first kappa shape index (κ1) is 34.6. The first-order valence-electron chi connectivity index (χ1n) is 12.2. The minimum absolute atomic E-state index is 0. The van der Waals surface area contributed by atoms with Crippen LogP contribution in [0.4, 0.5) is 0 Å². The van der Waals surface area contributed by atoms with Gasteiger partial charge in [-0.2, -0.15) is 10.8 Å². The van der Waals surface area contributed by atoms with Gasteiger partial charge in [-0.1, -0.05) is 92.9 Å². The Morgan fingerprint density at radius 3 is 0.931 bits per heavy atom. The van der Waals surface area contributed by atoms with E-state index < -0.39 is 0 Å². The van der Waals surface area contributed by atoms with E-state index in [0.717, 1.165) is 0 Å². The Labute approximate surface area is 211 Å². The van der Waals surface area contributed by atoms with E-state index in [9.17, 15) is 0 Å². The molecule has 2 fully saturated rings. The number of rotatable bonds is 6. The van der Waals surface area contributed by atoms with Gasteiger partial charge in [-0.05, 0) is 51.9 Å². The van der Waals surface area contributed by atoms with Crippen molar-refractivity contribution in [2.24, 2.45) is 10.8 Å². The van der Waals surface area contributed by atoms with Crippen molar-refractivity contribution in [3.63, 3.8) is 0 Å². The van der Waals surface area contributed by atoms with Gasteiger partial charge in [0.05, 0.1) is 0 Å². The van der Waals surface area contributed by atoms with Crippen molar-refractivity contribution in [2.45, 2.75) is 119 Å². The summed E-state index contributed by atoms with van der Waals surface area (Å²) in [5.74, 6) is 0. The molecule has 2 saturated heterocycles. The first-order valence-corrected chi connectivity index (χ1v) is 12.2. The van der Waals surface area contributed by atoms with Crippen molar-refractivity contribution in [1.29, 1.82) is 0 Å². The third-order valence-electron chi connectivity index (χ3n) is 4.83. The standard InChI is InChI=1S/2C8H17.2C5H11N.Y/c2*1-5-6-7-8(2,3)4;2*1-2-4-6-5-3-1;/h2*2,5-7H2,1,3-4H3;2*6H,1-5H2;/q2*-1;;;.